The van der Waals surface area contributed by atoms with Gasteiger partial charge in [-0.15, -0.1) is 0 Å². The molecule has 0 atom stereocenters. The van der Waals surface area contributed by atoms with E-state index in [-0.39, 0.29) is 0 Å². The van der Waals surface area contributed by atoms with E-state index in [9.17, 15) is 0 Å². The van der Waals surface area contributed by atoms with E-state index in [1.807, 2.05) is 28.8 Å². The third-order valence-corrected chi connectivity index (χ3v) is 1.98. The Morgan fingerprint density at radius 1 is 1.33 bits per heavy atom. The Morgan fingerprint density at radius 2 is 2.33 bits per heavy atom. The van der Waals surface area contributed by atoms with Gasteiger partial charge in [-0.25, -0.2) is 4.98 Å². The van der Waals surface area contributed by atoms with E-state index in [1.165, 1.54) is 0 Å². The number of furan rings is 1. The fourth-order valence-electron chi connectivity index (χ4n) is 1.42. The fraction of sp³-hybridized carbons (Fsp3) is 0. The maximum Gasteiger partial charge on any atom is 0.243 e. The fourth-order valence-corrected chi connectivity index (χ4v) is 1.42. The minimum Gasteiger partial charge on any atom is -0.445 e. The number of nitrogens with zero attached hydrogens (tertiary/aromatic N) is 2. The van der Waals surface area contributed by atoms with Gasteiger partial charge in [-0.2, -0.15) is 0 Å². The van der Waals surface area contributed by atoms with Crippen LogP contribution in [0.15, 0.2) is 41.3 Å². The number of aromatic nitrogens is 2. The SMILES string of the molecule is c1cc2cnc3occc3n2c1. The van der Waals surface area contributed by atoms with Crippen LogP contribution in [0.3, 0.4) is 0 Å². The molecule has 12 heavy (non-hydrogen) atoms. The summed E-state index contributed by atoms with van der Waals surface area (Å²) in [5.74, 6) is 0. The molecule has 0 radical (unpaired) electrons. The molecule has 0 spiro atoms. The summed E-state index contributed by atoms with van der Waals surface area (Å²) in [6, 6.07) is 5.91. The van der Waals surface area contributed by atoms with Gasteiger partial charge < -0.3 is 8.82 Å². The van der Waals surface area contributed by atoms with Crippen molar-refractivity contribution in [3.05, 3.63) is 36.9 Å². The van der Waals surface area contributed by atoms with Crippen molar-refractivity contribution in [2.75, 3.05) is 0 Å². The third kappa shape index (κ3) is 0.580. The van der Waals surface area contributed by atoms with Crippen molar-refractivity contribution >= 4 is 16.7 Å². The van der Waals surface area contributed by atoms with E-state index in [1.54, 1.807) is 12.5 Å². The first-order valence-electron chi connectivity index (χ1n) is 3.74. The molecule has 0 aliphatic rings. The first-order chi connectivity index (χ1) is 5.95. The molecule has 0 aliphatic carbocycles. The van der Waals surface area contributed by atoms with E-state index in [0.29, 0.717) is 5.71 Å². The second-order valence-corrected chi connectivity index (χ2v) is 2.67. The summed E-state index contributed by atoms with van der Waals surface area (Å²) in [5, 5.41) is 0. The zero-order valence-corrected chi connectivity index (χ0v) is 6.27. The van der Waals surface area contributed by atoms with Crippen molar-refractivity contribution in [1.82, 2.24) is 9.38 Å². The highest BCUT2D eigenvalue weighted by Gasteiger charge is 2.01. The normalized spacial score (nSPS) is 11.3. The molecule has 0 aromatic carbocycles. The first kappa shape index (κ1) is 5.83. The average molecular weight is 158 g/mol. The zero-order valence-electron chi connectivity index (χ0n) is 6.27. The minimum atomic E-state index is 0.679. The molecular formula is C9H6N2O. The Kier molecular flexibility index (Phi) is 0.913. The Morgan fingerprint density at radius 3 is 3.33 bits per heavy atom. The van der Waals surface area contributed by atoms with Gasteiger partial charge in [0, 0.05) is 12.3 Å². The largest absolute Gasteiger partial charge is 0.445 e. The summed E-state index contributed by atoms with van der Waals surface area (Å²) in [7, 11) is 0. The monoisotopic (exact) mass is 158 g/mol. The Hall–Kier alpha value is -1.77. The van der Waals surface area contributed by atoms with Crippen LogP contribution in [0.4, 0.5) is 0 Å². The van der Waals surface area contributed by atoms with Crippen LogP contribution < -0.4 is 0 Å². The van der Waals surface area contributed by atoms with Gasteiger partial charge >= 0.3 is 0 Å². The van der Waals surface area contributed by atoms with Gasteiger partial charge in [0.25, 0.3) is 0 Å². The lowest BCUT2D eigenvalue weighted by molar-refractivity contribution is 0.602. The summed E-state index contributed by atoms with van der Waals surface area (Å²) >= 11 is 0. The Bertz CT molecular complexity index is 486. The molecule has 0 amide bonds. The van der Waals surface area contributed by atoms with Crippen molar-refractivity contribution in [3.8, 4) is 0 Å². The summed E-state index contributed by atoms with van der Waals surface area (Å²) < 4.78 is 7.21. The molecule has 3 heteroatoms. The van der Waals surface area contributed by atoms with E-state index in [0.717, 1.165) is 11.0 Å². The highest BCUT2D eigenvalue weighted by Crippen LogP contribution is 2.15. The van der Waals surface area contributed by atoms with Gasteiger partial charge in [0.15, 0.2) is 0 Å². The smallest absolute Gasteiger partial charge is 0.243 e. The number of fused-ring (bicyclic) bond motifs is 3. The second kappa shape index (κ2) is 1.88. The molecule has 3 aromatic heterocycles. The zero-order chi connectivity index (χ0) is 7.97. The molecule has 3 aromatic rings. The van der Waals surface area contributed by atoms with E-state index in [2.05, 4.69) is 4.98 Å². The highest BCUT2D eigenvalue weighted by molar-refractivity contribution is 5.73. The predicted octanol–water partition coefficient (Wildman–Crippen LogP) is 2.08. The number of hydrogen-bond acceptors (Lipinski definition) is 2. The van der Waals surface area contributed by atoms with Gasteiger partial charge in [-0.1, -0.05) is 0 Å². The quantitative estimate of drug-likeness (QED) is 0.501. The lowest BCUT2D eigenvalue weighted by Crippen LogP contribution is -1.84. The molecule has 0 bridgehead atoms. The number of hydrogen-bond donors (Lipinski definition) is 0. The molecule has 3 nitrogen and oxygen atoms in total. The summed E-state index contributed by atoms with van der Waals surface area (Å²) in [4.78, 5) is 4.15. The van der Waals surface area contributed by atoms with Crippen LogP contribution in [-0.2, 0) is 0 Å². The molecule has 0 saturated heterocycles. The summed E-state index contributed by atoms with van der Waals surface area (Å²) in [5.41, 5.74) is 2.78. The van der Waals surface area contributed by atoms with Gasteiger partial charge in [-0.05, 0) is 12.1 Å². The molecule has 3 rings (SSSR count). The maximum atomic E-state index is 5.16. The standard InChI is InChI=1S/C9H6N2O/c1-2-7-6-10-9-8(3-5-12-9)11(7)4-1/h1-6H. The van der Waals surface area contributed by atoms with Crippen LogP contribution in [0.2, 0.25) is 0 Å². The summed E-state index contributed by atoms with van der Waals surface area (Å²) in [6.07, 6.45) is 5.44. The van der Waals surface area contributed by atoms with Crippen molar-refractivity contribution in [2.24, 2.45) is 0 Å². The molecule has 3 heterocycles. The molecule has 0 fully saturated rings. The maximum absolute atomic E-state index is 5.16. The van der Waals surface area contributed by atoms with E-state index in [4.69, 9.17) is 4.42 Å². The van der Waals surface area contributed by atoms with Gasteiger partial charge in [0.05, 0.1) is 18.0 Å². The lowest BCUT2D eigenvalue weighted by Gasteiger charge is -1.93. The van der Waals surface area contributed by atoms with Crippen molar-refractivity contribution in [2.45, 2.75) is 0 Å². The molecule has 0 aliphatic heterocycles. The topological polar surface area (TPSA) is 30.4 Å². The molecule has 0 saturated carbocycles. The van der Waals surface area contributed by atoms with Crippen molar-refractivity contribution < 1.29 is 4.42 Å². The second-order valence-electron chi connectivity index (χ2n) is 2.67. The van der Waals surface area contributed by atoms with Crippen molar-refractivity contribution in [1.29, 1.82) is 0 Å². The third-order valence-electron chi connectivity index (χ3n) is 1.98. The predicted molar refractivity (Wildman–Crippen MR) is 45.0 cm³/mol. The van der Waals surface area contributed by atoms with Crippen LogP contribution in [0.1, 0.15) is 0 Å². The van der Waals surface area contributed by atoms with Crippen LogP contribution in [-0.4, -0.2) is 9.38 Å². The first-order valence-corrected chi connectivity index (χ1v) is 3.74. The molecule has 0 N–H and O–H groups in total. The molecule has 58 valence electrons. The molecular weight excluding hydrogens is 152 g/mol. The summed E-state index contributed by atoms with van der Waals surface area (Å²) in [6.45, 7) is 0. The minimum absolute atomic E-state index is 0.679. The Labute approximate surface area is 68.2 Å². The lowest BCUT2D eigenvalue weighted by atomic mass is 10.5. The Balaban J connectivity index is 2.71. The van der Waals surface area contributed by atoms with Crippen molar-refractivity contribution in [3.63, 3.8) is 0 Å². The van der Waals surface area contributed by atoms with Crippen LogP contribution in [0.25, 0.3) is 16.7 Å². The van der Waals surface area contributed by atoms with Gasteiger partial charge in [0.2, 0.25) is 5.71 Å². The van der Waals surface area contributed by atoms with Crippen LogP contribution >= 0.6 is 0 Å². The van der Waals surface area contributed by atoms with E-state index >= 15 is 0 Å². The van der Waals surface area contributed by atoms with E-state index < -0.39 is 0 Å². The highest BCUT2D eigenvalue weighted by atomic mass is 16.3. The van der Waals surface area contributed by atoms with Crippen LogP contribution in [0, 0.1) is 0 Å². The average Bonchev–Trinajstić information content (AvgIpc) is 2.71. The van der Waals surface area contributed by atoms with Gasteiger partial charge in [-0.3, -0.25) is 0 Å². The van der Waals surface area contributed by atoms with Gasteiger partial charge in [0.1, 0.15) is 5.52 Å². The molecule has 0 unspecified atom stereocenters. The number of rotatable bonds is 0. The van der Waals surface area contributed by atoms with Crippen LogP contribution in [0.5, 0.6) is 0 Å².